The van der Waals surface area contributed by atoms with Crippen molar-refractivity contribution in [1.82, 2.24) is 0 Å². The Morgan fingerprint density at radius 2 is 1.79 bits per heavy atom. The number of halogens is 1. The Hall–Kier alpha value is -1.11. The molecule has 5 nitrogen and oxygen atoms in total. The van der Waals surface area contributed by atoms with E-state index in [0.29, 0.717) is 5.56 Å². The summed E-state index contributed by atoms with van der Waals surface area (Å²) in [6.45, 7) is 3.47. The zero-order chi connectivity index (χ0) is 14.0. The van der Waals surface area contributed by atoms with Crippen LogP contribution in [0.15, 0.2) is 29.2 Å². The van der Waals surface area contributed by atoms with Crippen molar-refractivity contribution in [3.8, 4) is 0 Å². The first-order chi connectivity index (χ1) is 8.19. The molecule has 0 saturated carbocycles. The summed E-state index contributed by atoms with van der Waals surface area (Å²) in [5.74, 6) is -0.544. The van der Waals surface area contributed by atoms with Crippen molar-refractivity contribution in [1.29, 1.82) is 0 Å². The molecule has 108 valence electrons. The molecule has 0 saturated heterocycles. The second kappa shape index (κ2) is 6.36. The second-order valence-electron chi connectivity index (χ2n) is 4.22. The van der Waals surface area contributed by atoms with Crippen LogP contribution >= 0.6 is 12.4 Å². The Kier molecular flexibility index (Phi) is 5.99. The number of benzene rings is 1. The maximum atomic E-state index is 11.7. The highest BCUT2D eigenvalue weighted by atomic mass is 35.5. The molecule has 0 aliphatic carbocycles. The number of rotatable bonds is 4. The van der Waals surface area contributed by atoms with Gasteiger partial charge in [0.1, 0.15) is 5.54 Å². The number of hydrogen-bond acceptors (Lipinski definition) is 5. The van der Waals surface area contributed by atoms with Gasteiger partial charge in [0.25, 0.3) is 0 Å². The third-order valence-electron chi connectivity index (χ3n) is 2.58. The first-order valence-electron chi connectivity index (χ1n) is 5.46. The van der Waals surface area contributed by atoms with Crippen molar-refractivity contribution in [3.63, 3.8) is 0 Å². The lowest BCUT2D eigenvalue weighted by Gasteiger charge is -2.22. The summed E-state index contributed by atoms with van der Waals surface area (Å²) in [7, 11) is -3.25. The molecular weight excluding hydrogens is 290 g/mol. The van der Waals surface area contributed by atoms with Gasteiger partial charge in [-0.1, -0.05) is 12.1 Å². The Morgan fingerprint density at radius 3 is 2.16 bits per heavy atom. The number of ether oxygens (including phenoxy) is 1. The summed E-state index contributed by atoms with van der Waals surface area (Å²) in [6, 6.07) is 5.89. The van der Waals surface area contributed by atoms with Crippen molar-refractivity contribution in [2.24, 2.45) is 5.73 Å². The van der Waals surface area contributed by atoms with Crippen LogP contribution in [0.5, 0.6) is 0 Å². The van der Waals surface area contributed by atoms with Gasteiger partial charge in [-0.15, -0.1) is 12.4 Å². The zero-order valence-corrected chi connectivity index (χ0v) is 12.7. The van der Waals surface area contributed by atoms with E-state index >= 15 is 0 Å². The van der Waals surface area contributed by atoms with Gasteiger partial charge in [-0.25, -0.2) is 13.2 Å². The monoisotopic (exact) mass is 307 g/mol. The molecule has 0 heterocycles. The minimum absolute atomic E-state index is 0. The summed E-state index contributed by atoms with van der Waals surface area (Å²) in [4.78, 5) is 11.9. The third kappa shape index (κ3) is 4.19. The molecule has 0 fully saturated rings. The van der Waals surface area contributed by atoms with E-state index in [-0.39, 0.29) is 23.9 Å². The lowest BCUT2D eigenvalue weighted by Crippen LogP contribution is -2.43. The number of carbonyl (C=O) groups excluding carboxylic acids is 1. The van der Waals surface area contributed by atoms with E-state index in [1.54, 1.807) is 6.92 Å². The maximum Gasteiger partial charge on any atom is 0.330 e. The minimum atomic E-state index is -3.25. The normalized spacial score (nSPS) is 14.1. The second-order valence-corrected chi connectivity index (χ2v) is 6.24. The van der Waals surface area contributed by atoms with E-state index in [1.165, 1.54) is 31.2 Å². The van der Waals surface area contributed by atoms with Crippen molar-refractivity contribution in [3.05, 3.63) is 29.8 Å². The molecule has 0 amide bonds. The number of hydrogen-bond donors (Lipinski definition) is 1. The van der Waals surface area contributed by atoms with Crippen LogP contribution in [0.3, 0.4) is 0 Å². The summed E-state index contributed by atoms with van der Waals surface area (Å²) >= 11 is 0. The molecule has 1 atom stereocenters. The lowest BCUT2D eigenvalue weighted by molar-refractivity contribution is -0.149. The van der Waals surface area contributed by atoms with Crippen molar-refractivity contribution >= 4 is 28.2 Å². The summed E-state index contributed by atoms with van der Waals surface area (Å²) in [6.07, 6.45) is 1.12. The van der Waals surface area contributed by atoms with E-state index in [0.717, 1.165) is 6.26 Å². The average Bonchev–Trinajstić information content (AvgIpc) is 2.28. The fourth-order valence-corrected chi connectivity index (χ4v) is 2.08. The molecule has 1 unspecified atom stereocenters. The molecular formula is C12H18ClNO4S. The maximum absolute atomic E-state index is 11.7. The van der Waals surface area contributed by atoms with E-state index < -0.39 is 21.3 Å². The Bertz CT molecular complexity index is 537. The van der Waals surface area contributed by atoms with Crippen LogP contribution in [0.2, 0.25) is 0 Å². The molecule has 19 heavy (non-hydrogen) atoms. The summed E-state index contributed by atoms with van der Waals surface area (Å²) < 4.78 is 27.5. The van der Waals surface area contributed by atoms with Crippen LogP contribution in [-0.4, -0.2) is 27.2 Å². The van der Waals surface area contributed by atoms with Gasteiger partial charge in [-0.05, 0) is 31.5 Å². The topological polar surface area (TPSA) is 86.5 Å². The molecule has 0 aliphatic heterocycles. The lowest BCUT2D eigenvalue weighted by atomic mass is 9.93. The highest BCUT2D eigenvalue weighted by Crippen LogP contribution is 2.21. The van der Waals surface area contributed by atoms with Gasteiger partial charge in [0.2, 0.25) is 0 Å². The molecule has 0 aliphatic rings. The fraction of sp³-hybridized carbons (Fsp3) is 0.417. The Balaban J connectivity index is 0.00000324. The third-order valence-corrected chi connectivity index (χ3v) is 3.71. The number of esters is 1. The van der Waals surface area contributed by atoms with Gasteiger partial charge in [-0.2, -0.15) is 0 Å². The van der Waals surface area contributed by atoms with Gasteiger partial charge in [0.05, 0.1) is 11.5 Å². The van der Waals surface area contributed by atoms with Crippen LogP contribution in [0.1, 0.15) is 19.4 Å². The van der Waals surface area contributed by atoms with E-state index in [4.69, 9.17) is 10.5 Å². The standard InChI is InChI=1S/C12H17NO4S.ClH/c1-4-17-11(14)12(2,13)9-5-7-10(8-6-9)18(3,15)16;/h5-8H,4,13H2,1-3H3;1H. The molecule has 7 heteroatoms. The summed E-state index contributed by atoms with van der Waals surface area (Å²) in [5.41, 5.74) is 5.12. The van der Waals surface area contributed by atoms with Crippen molar-refractivity contribution < 1.29 is 17.9 Å². The largest absolute Gasteiger partial charge is 0.464 e. The predicted octanol–water partition coefficient (Wildman–Crippen LogP) is 1.25. The first-order valence-corrected chi connectivity index (χ1v) is 7.35. The molecule has 1 rings (SSSR count). The predicted molar refractivity (Wildman–Crippen MR) is 75.0 cm³/mol. The fourth-order valence-electron chi connectivity index (χ4n) is 1.45. The smallest absolute Gasteiger partial charge is 0.330 e. The Morgan fingerprint density at radius 1 is 1.32 bits per heavy atom. The quantitative estimate of drug-likeness (QED) is 0.846. The minimum Gasteiger partial charge on any atom is -0.464 e. The van der Waals surface area contributed by atoms with Crippen LogP contribution in [-0.2, 0) is 24.9 Å². The summed E-state index contributed by atoms with van der Waals surface area (Å²) in [5, 5.41) is 0. The van der Waals surface area contributed by atoms with Crippen molar-refractivity contribution in [2.45, 2.75) is 24.3 Å². The van der Waals surface area contributed by atoms with Gasteiger partial charge in [-0.3, -0.25) is 0 Å². The van der Waals surface area contributed by atoms with E-state index in [1.807, 2.05) is 0 Å². The Labute approximate surface area is 119 Å². The van der Waals surface area contributed by atoms with Gasteiger partial charge < -0.3 is 10.5 Å². The number of nitrogens with two attached hydrogens (primary N) is 1. The van der Waals surface area contributed by atoms with Gasteiger partial charge in [0, 0.05) is 6.26 Å². The zero-order valence-electron chi connectivity index (χ0n) is 11.0. The number of carbonyl (C=O) groups is 1. The first kappa shape index (κ1) is 17.9. The highest BCUT2D eigenvalue weighted by molar-refractivity contribution is 7.90. The van der Waals surface area contributed by atoms with Crippen LogP contribution < -0.4 is 5.73 Å². The number of sulfone groups is 1. The van der Waals surface area contributed by atoms with E-state index in [9.17, 15) is 13.2 Å². The van der Waals surface area contributed by atoms with Crippen molar-refractivity contribution in [2.75, 3.05) is 12.9 Å². The van der Waals surface area contributed by atoms with Crippen LogP contribution in [0.4, 0.5) is 0 Å². The molecule has 0 bridgehead atoms. The molecule has 0 aromatic heterocycles. The molecule has 1 aromatic carbocycles. The average molecular weight is 308 g/mol. The molecule has 1 aromatic rings. The van der Waals surface area contributed by atoms with Crippen LogP contribution in [0, 0.1) is 0 Å². The SMILES string of the molecule is CCOC(=O)C(C)(N)c1ccc(S(C)(=O)=O)cc1.Cl. The highest BCUT2D eigenvalue weighted by Gasteiger charge is 2.32. The molecule has 2 N–H and O–H groups in total. The van der Waals surface area contributed by atoms with Gasteiger partial charge in [0.15, 0.2) is 9.84 Å². The van der Waals surface area contributed by atoms with Gasteiger partial charge >= 0.3 is 5.97 Å². The van der Waals surface area contributed by atoms with Crippen LogP contribution in [0.25, 0.3) is 0 Å². The molecule has 0 spiro atoms. The molecule has 0 radical (unpaired) electrons. The van der Waals surface area contributed by atoms with E-state index in [2.05, 4.69) is 0 Å².